The van der Waals surface area contributed by atoms with Gasteiger partial charge in [-0.15, -0.1) is 0 Å². The predicted molar refractivity (Wildman–Crippen MR) is 83.5 cm³/mol. The minimum absolute atomic E-state index is 0.122. The third kappa shape index (κ3) is 2.76. The number of carbonyl (C=O) groups excluding carboxylic acids is 1. The lowest BCUT2D eigenvalue weighted by Crippen LogP contribution is -2.05. The molecular weight excluding hydrogens is 288 g/mol. The molecule has 2 aromatic carbocycles. The Morgan fingerprint density at radius 1 is 1.24 bits per heavy atom. The van der Waals surface area contributed by atoms with E-state index >= 15 is 0 Å². The number of oxazole rings is 1. The summed E-state index contributed by atoms with van der Waals surface area (Å²) >= 11 is 6.13. The molecule has 3 aromatic rings. The number of halogens is 1. The number of fused-ring (bicyclic) bond motifs is 1. The number of hydrogen-bond acceptors (Lipinski definition) is 3. The lowest BCUT2D eigenvalue weighted by atomic mass is 10.1. The van der Waals surface area contributed by atoms with E-state index in [-0.39, 0.29) is 5.91 Å². The maximum Gasteiger partial charge on any atom is 0.227 e. The first-order valence-electron chi connectivity index (χ1n) is 6.47. The van der Waals surface area contributed by atoms with Gasteiger partial charge in [0.1, 0.15) is 5.52 Å². The Balaban J connectivity index is 2.04. The first-order valence-corrected chi connectivity index (χ1v) is 6.85. The molecule has 0 radical (unpaired) electrons. The summed E-state index contributed by atoms with van der Waals surface area (Å²) in [5, 5.41) is 3.40. The van der Waals surface area contributed by atoms with E-state index in [4.69, 9.17) is 16.0 Å². The van der Waals surface area contributed by atoms with Crippen LogP contribution >= 0.6 is 11.6 Å². The summed E-state index contributed by atoms with van der Waals surface area (Å²) in [7, 11) is 0. The van der Waals surface area contributed by atoms with Crippen LogP contribution in [0.25, 0.3) is 22.6 Å². The summed E-state index contributed by atoms with van der Waals surface area (Å²) in [6, 6.07) is 11.0. The second-order valence-electron chi connectivity index (χ2n) is 4.85. The second kappa shape index (κ2) is 5.22. The average Bonchev–Trinajstić information content (AvgIpc) is 2.84. The number of amides is 1. The Labute approximate surface area is 126 Å². The first kappa shape index (κ1) is 13.6. The molecular formula is C16H13ClN2O2. The number of anilines is 1. The third-order valence-corrected chi connectivity index (χ3v) is 3.53. The van der Waals surface area contributed by atoms with Crippen molar-refractivity contribution in [2.45, 2.75) is 13.8 Å². The second-order valence-corrected chi connectivity index (χ2v) is 5.25. The fourth-order valence-corrected chi connectivity index (χ4v) is 2.24. The Bertz CT molecular complexity index is 839. The molecule has 3 rings (SSSR count). The van der Waals surface area contributed by atoms with Gasteiger partial charge >= 0.3 is 0 Å². The van der Waals surface area contributed by atoms with Crippen molar-refractivity contribution >= 4 is 34.3 Å². The van der Waals surface area contributed by atoms with Crippen LogP contribution in [-0.4, -0.2) is 10.9 Å². The number of hydrogen-bond donors (Lipinski definition) is 1. The number of aromatic nitrogens is 1. The van der Waals surface area contributed by atoms with Gasteiger partial charge in [-0.1, -0.05) is 17.7 Å². The Morgan fingerprint density at radius 3 is 2.76 bits per heavy atom. The summed E-state index contributed by atoms with van der Waals surface area (Å²) < 4.78 is 5.73. The van der Waals surface area contributed by atoms with E-state index in [9.17, 15) is 4.79 Å². The van der Waals surface area contributed by atoms with Crippen LogP contribution in [0.4, 0.5) is 5.69 Å². The van der Waals surface area contributed by atoms with E-state index in [0.29, 0.717) is 27.7 Å². The highest BCUT2D eigenvalue weighted by Crippen LogP contribution is 2.28. The van der Waals surface area contributed by atoms with E-state index in [1.807, 2.05) is 25.1 Å². The van der Waals surface area contributed by atoms with Crippen LogP contribution in [0.1, 0.15) is 12.5 Å². The number of carbonyl (C=O) groups is 1. The largest absolute Gasteiger partial charge is 0.436 e. The maximum absolute atomic E-state index is 11.1. The van der Waals surface area contributed by atoms with Crippen molar-refractivity contribution in [3.63, 3.8) is 0 Å². The van der Waals surface area contributed by atoms with E-state index in [2.05, 4.69) is 10.3 Å². The topological polar surface area (TPSA) is 55.1 Å². The van der Waals surface area contributed by atoms with E-state index in [1.165, 1.54) is 6.92 Å². The number of aryl methyl sites for hydroxylation is 1. The van der Waals surface area contributed by atoms with Gasteiger partial charge in [-0.3, -0.25) is 4.79 Å². The van der Waals surface area contributed by atoms with E-state index in [1.54, 1.807) is 18.2 Å². The van der Waals surface area contributed by atoms with Gasteiger partial charge in [0.15, 0.2) is 5.58 Å². The molecule has 0 aliphatic carbocycles. The zero-order valence-corrected chi connectivity index (χ0v) is 12.4. The number of rotatable bonds is 2. The summed E-state index contributed by atoms with van der Waals surface area (Å²) in [5.74, 6) is 0.384. The molecule has 106 valence electrons. The standard InChI is InChI=1S/C16H13ClN2O2/c1-9-3-4-11(7-13(9)17)16-19-14-8-12(18-10(2)20)5-6-15(14)21-16/h3-8H,1-2H3,(H,18,20). The molecule has 0 bridgehead atoms. The molecule has 1 heterocycles. The number of nitrogens with zero attached hydrogens (tertiary/aromatic N) is 1. The summed E-state index contributed by atoms with van der Waals surface area (Å²) in [5.41, 5.74) is 3.87. The van der Waals surface area contributed by atoms with Crippen molar-refractivity contribution in [2.24, 2.45) is 0 Å². The molecule has 1 N–H and O–H groups in total. The molecule has 0 aliphatic rings. The van der Waals surface area contributed by atoms with Gasteiger partial charge < -0.3 is 9.73 Å². The molecule has 0 unspecified atom stereocenters. The zero-order chi connectivity index (χ0) is 15.0. The molecule has 0 spiro atoms. The molecule has 0 saturated heterocycles. The Hall–Kier alpha value is -2.33. The highest BCUT2D eigenvalue weighted by atomic mass is 35.5. The van der Waals surface area contributed by atoms with Crippen LogP contribution in [0.5, 0.6) is 0 Å². The quantitative estimate of drug-likeness (QED) is 0.762. The lowest BCUT2D eigenvalue weighted by molar-refractivity contribution is -0.114. The van der Waals surface area contributed by atoms with E-state index in [0.717, 1.165) is 11.1 Å². The highest BCUT2D eigenvalue weighted by Gasteiger charge is 2.10. The zero-order valence-electron chi connectivity index (χ0n) is 11.6. The fraction of sp³-hybridized carbons (Fsp3) is 0.125. The fourth-order valence-electron chi connectivity index (χ4n) is 2.06. The van der Waals surface area contributed by atoms with Crippen LogP contribution < -0.4 is 5.32 Å². The number of benzene rings is 2. The van der Waals surface area contributed by atoms with Crippen LogP contribution in [0.2, 0.25) is 5.02 Å². The molecule has 5 heteroatoms. The molecule has 0 atom stereocenters. The van der Waals surface area contributed by atoms with Gasteiger partial charge in [0.2, 0.25) is 11.8 Å². The molecule has 21 heavy (non-hydrogen) atoms. The lowest BCUT2D eigenvalue weighted by Gasteiger charge is -1.99. The first-order chi connectivity index (χ1) is 10.0. The summed E-state index contributed by atoms with van der Waals surface area (Å²) in [6.07, 6.45) is 0. The van der Waals surface area contributed by atoms with E-state index < -0.39 is 0 Å². The van der Waals surface area contributed by atoms with Crippen molar-refractivity contribution in [2.75, 3.05) is 5.32 Å². The molecule has 0 saturated carbocycles. The SMILES string of the molecule is CC(=O)Nc1ccc2oc(-c3ccc(C)c(Cl)c3)nc2c1. The van der Waals surface area contributed by atoms with Gasteiger partial charge in [0.05, 0.1) is 0 Å². The predicted octanol–water partition coefficient (Wildman–Crippen LogP) is 4.42. The van der Waals surface area contributed by atoms with Crippen LogP contribution in [-0.2, 0) is 4.79 Å². The molecule has 1 aromatic heterocycles. The van der Waals surface area contributed by atoms with Crippen molar-refractivity contribution in [3.05, 3.63) is 47.0 Å². The smallest absolute Gasteiger partial charge is 0.227 e. The molecule has 1 amide bonds. The number of nitrogens with one attached hydrogen (secondary N) is 1. The average molecular weight is 301 g/mol. The van der Waals surface area contributed by atoms with Crippen LogP contribution in [0.15, 0.2) is 40.8 Å². The summed E-state index contributed by atoms with van der Waals surface area (Å²) in [4.78, 5) is 15.5. The van der Waals surface area contributed by atoms with Crippen molar-refractivity contribution in [3.8, 4) is 11.5 Å². The normalized spacial score (nSPS) is 10.8. The van der Waals surface area contributed by atoms with Crippen molar-refractivity contribution < 1.29 is 9.21 Å². The van der Waals surface area contributed by atoms with Crippen molar-refractivity contribution in [1.82, 2.24) is 4.98 Å². The highest BCUT2D eigenvalue weighted by molar-refractivity contribution is 6.31. The third-order valence-electron chi connectivity index (χ3n) is 3.13. The van der Waals surface area contributed by atoms with Gasteiger partial charge in [0.25, 0.3) is 0 Å². The molecule has 0 aliphatic heterocycles. The minimum atomic E-state index is -0.122. The molecule has 0 fully saturated rings. The monoisotopic (exact) mass is 300 g/mol. The van der Waals surface area contributed by atoms with Gasteiger partial charge in [0, 0.05) is 23.2 Å². The molecule has 4 nitrogen and oxygen atoms in total. The van der Waals surface area contributed by atoms with Crippen LogP contribution in [0.3, 0.4) is 0 Å². The van der Waals surface area contributed by atoms with Crippen molar-refractivity contribution in [1.29, 1.82) is 0 Å². The van der Waals surface area contributed by atoms with Gasteiger partial charge in [-0.25, -0.2) is 4.98 Å². The maximum atomic E-state index is 11.1. The van der Waals surface area contributed by atoms with Gasteiger partial charge in [-0.2, -0.15) is 0 Å². The minimum Gasteiger partial charge on any atom is -0.436 e. The van der Waals surface area contributed by atoms with Gasteiger partial charge in [-0.05, 0) is 42.8 Å². The summed E-state index contributed by atoms with van der Waals surface area (Å²) in [6.45, 7) is 3.41. The Kier molecular flexibility index (Phi) is 3.39. The van der Waals surface area contributed by atoms with Crippen LogP contribution in [0, 0.1) is 6.92 Å². The Morgan fingerprint density at radius 2 is 2.05 bits per heavy atom.